The number of halogens is 1. The molecule has 0 radical (unpaired) electrons. The van der Waals surface area contributed by atoms with Crippen LogP contribution in [0.1, 0.15) is 69.2 Å². The third kappa shape index (κ3) is 10.6. The largest absolute Gasteiger partial charge is 0.384 e. The van der Waals surface area contributed by atoms with Gasteiger partial charge < -0.3 is 27.0 Å². The van der Waals surface area contributed by atoms with Gasteiger partial charge in [0.15, 0.2) is 0 Å². The number of aryl methyl sites for hydroxylation is 1. The Hall–Kier alpha value is -4.28. The Labute approximate surface area is 246 Å². The Bertz CT molecular complexity index is 1260. The predicted octanol–water partition coefficient (Wildman–Crippen LogP) is 2.60. The maximum atomic E-state index is 14.6. The van der Waals surface area contributed by atoms with E-state index in [1.54, 1.807) is 13.8 Å². The van der Waals surface area contributed by atoms with Crippen molar-refractivity contribution in [3.63, 3.8) is 0 Å². The second-order valence-corrected chi connectivity index (χ2v) is 10.8. The molecular formula is C31H43FN6O4. The van der Waals surface area contributed by atoms with Gasteiger partial charge in [-0.3, -0.25) is 24.6 Å². The van der Waals surface area contributed by atoms with E-state index in [2.05, 4.69) is 21.3 Å². The van der Waals surface area contributed by atoms with E-state index in [0.29, 0.717) is 12.8 Å². The van der Waals surface area contributed by atoms with Crippen molar-refractivity contribution in [1.82, 2.24) is 21.3 Å². The van der Waals surface area contributed by atoms with E-state index in [9.17, 15) is 23.6 Å². The molecule has 2 aromatic carbocycles. The number of carbonyl (C=O) groups excluding carboxylic acids is 4. The van der Waals surface area contributed by atoms with Crippen molar-refractivity contribution in [2.45, 2.75) is 85.0 Å². The molecule has 0 spiro atoms. The molecule has 2 aromatic rings. The van der Waals surface area contributed by atoms with E-state index >= 15 is 0 Å². The summed E-state index contributed by atoms with van der Waals surface area (Å²) in [5.41, 5.74) is 7.67. The first-order valence-electron chi connectivity index (χ1n) is 14.2. The molecule has 0 fully saturated rings. The molecule has 0 saturated heterocycles. The predicted molar refractivity (Wildman–Crippen MR) is 160 cm³/mol. The summed E-state index contributed by atoms with van der Waals surface area (Å²) in [5.74, 6) is -3.13. The lowest BCUT2D eigenvalue weighted by Crippen LogP contribution is -2.58. The van der Waals surface area contributed by atoms with Gasteiger partial charge in [-0.05, 0) is 30.9 Å². The summed E-state index contributed by atoms with van der Waals surface area (Å²) in [6.45, 7) is 8.63. The Morgan fingerprint density at radius 1 is 0.929 bits per heavy atom. The van der Waals surface area contributed by atoms with Crippen molar-refractivity contribution in [2.24, 2.45) is 11.7 Å². The summed E-state index contributed by atoms with van der Waals surface area (Å²) >= 11 is 0. The summed E-state index contributed by atoms with van der Waals surface area (Å²) in [6, 6.07) is 8.78. The molecule has 0 heterocycles. The van der Waals surface area contributed by atoms with Crippen molar-refractivity contribution in [3.8, 4) is 0 Å². The van der Waals surface area contributed by atoms with Crippen LogP contribution in [0, 0.1) is 24.1 Å². The second kappa shape index (κ2) is 16.2. The number of hydrogen-bond donors (Lipinski definition) is 6. The fourth-order valence-electron chi connectivity index (χ4n) is 4.31. The number of unbranched alkanes of at least 4 members (excludes halogenated alkanes) is 1. The molecular weight excluding hydrogens is 539 g/mol. The van der Waals surface area contributed by atoms with Gasteiger partial charge in [-0.25, -0.2) is 4.39 Å². The first-order chi connectivity index (χ1) is 19.8. The van der Waals surface area contributed by atoms with Gasteiger partial charge in [-0.15, -0.1) is 0 Å². The fraction of sp³-hybridized carbons (Fsp3) is 0.452. The molecule has 0 bridgehead atoms. The molecule has 0 aromatic heterocycles. The van der Waals surface area contributed by atoms with Gasteiger partial charge in [0.2, 0.25) is 23.6 Å². The van der Waals surface area contributed by atoms with Gasteiger partial charge in [0.1, 0.15) is 29.8 Å². The monoisotopic (exact) mass is 582 g/mol. The molecule has 228 valence electrons. The molecule has 0 aliphatic heterocycles. The van der Waals surface area contributed by atoms with Crippen LogP contribution in [-0.4, -0.2) is 47.6 Å². The zero-order valence-corrected chi connectivity index (χ0v) is 25.0. The lowest BCUT2D eigenvalue weighted by Gasteiger charge is -2.27. The topological polar surface area (TPSA) is 166 Å². The number of amidine groups is 1. The Morgan fingerprint density at radius 3 is 2.14 bits per heavy atom. The first kappa shape index (κ1) is 33.9. The Balaban J connectivity index is 2.23. The van der Waals surface area contributed by atoms with Crippen LogP contribution < -0.4 is 27.0 Å². The van der Waals surface area contributed by atoms with Crippen molar-refractivity contribution in [1.29, 1.82) is 5.41 Å². The fourth-order valence-corrected chi connectivity index (χ4v) is 4.31. The molecule has 0 aliphatic carbocycles. The summed E-state index contributed by atoms with van der Waals surface area (Å²) in [4.78, 5) is 51.5. The molecule has 10 nitrogen and oxygen atoms in total. The number of nitrogens with one attached hydrogen (secondary N) is 5. The van der Waals surface area contributed by atoms with Crippen molar-refractivity contribution in [2.75, 3.05) is 0 Å². The number of amides is 4. The smallest absolute Gasteiger partial charge is 0.243 e. The van der Waals surface area contributed by atoms with Crippen molar-refractivity contribution in [3.05, 3.63) is 70.5 Å². The third-order valence-electron chi connectivity index (χ3n) is 6.80. The summed E-state index contributed by atoms with van der Waals surface area (Å²) in [7, 11) is 0. The lowest BCUT2D eigenvalue weighted by molar-refractivity contribution is -0.134. The number of benzene rings is 2. The molecule has 2 rings (SSSR count). The van der Waals surface area contributed by atoms with Crippen LogP contribution in [0.2, 0.25) is 0 Å². The minimum atomic E-state index is -1.02. The first-order valence-corrected chi connectivity index (χ1v) is 14.2. The molecule has 2 unspecified atom stereocenters. The van der Waals surface area contributed by atoms with Gasteiger partial charge in [0.25, 0.3) is 0 Å². The van der Waals surface area contributed by atoms with E-state index in [-0.39, 0.29) is 41.8 Å². The molecule has 7 N–H and O–H groups in total. The van der Waals surface area contributed by atoms with Crippen LogP contribution in [0.4, 0.5) is 4.39 Å². The molecule has 42 heavy (non-hydrogen) atoms. The van der Waals surface area contributed by atoms with Crippen molar-refractivity contribution >= 4 is 29.5 Å². The quantitative estimate of drug-likeness (QED) is 0.140. The highest BCUT2D eigenvalue weighted by Crippen LogP contribution is 2.12. The van der Waals surface area contributed by atoms with Crippen LogP contribution in [0.25, 0.3) is 0 Å². The maximum Gasteiger partial charge on any atom is 0.243 e. The van der Waals surface area contributed by atoms with Crippen molar-refractivity contribution < 1.29 is 23.6 Å². The zero-order chi connectivity index (χ0) is 31.4. The van der Waals surface area contributed by atoms with Gasteiger partial charge in [-0.1, -0.05) is 75.6 Å². The number of hydrogen-bond acceptors (Lipinski definition) is 5. The van der Waals surface area contributed by atoms with Gasteiger partial charge in [-0.2, -0.15) is 0 Å². The lowest BCUT2D eigenvalue weighted by atomic mass is 9.99. The summed E-state index contributed by atoms with van der Waals surface area (Å²) < 4.78 is 14.6. The van der Waals surface area contributed by atoms with Crippen LogP contribution in [0.15, 0.2) is 42.5 Å². The number of rotatable bonds is 15. The minimum Gasteiger partial charge on any atom is -0.384 e. The normalized spacial score (nSPS) is 13.0. The zero-order valence-electron chi connectivity index (χ0n) is 25.0. The second-order valence-electron chi connectivity index (χ2n) is 10.8. The molecule has 0 aliphatic rings. The molecule has 3 atom stereocenters. The highest BCUT2D eigenvalue weighted by Gasteiger charge is 2.31. The van der Waals surface area contributed by atoms with E-state index < -0.39 is 41.7 Å². The highest BCUT2D eigenvalue weighted by atomic mass is 19.1. The van der Waals surface area contributed by atoms with Gasteiger partial charge >= 0.3 is 0 Å². The van der Waals surface area contributed by atoms with Crippen LogP contribution in [0.3, 0.4) is 0 Å². The Kier molecular flexibility index (Phi) is 13.1. The van der Waals surface area contributed by atoms with E-state index in [0.717, 1.165) is 23.6 Å². The Morgan fingerprint density at radius 2 is 1.60 bits per heavy atom. The van der Waals surface area contributed by atoms with Gasteiger partial charge in [0, 0.05) is 31.0 Å². The third-order valence-corrected chi connectivity index (χ3v) is 6.80. The van der Waals surface area contributed by atoms with E-state index in [4.69, 9.17) is 11.1 Å². The van der Waals surface area contributed by atoms with E-state index in [1.165, 1.54) is 19.1 Å². The SMILES string of the molecule is CCCCC(NC(C)=O)C(=O)N[C@H](C(=O)NC(Cc1ccc(C)cc1)C(=O)NCc1ccc(C(=N)N)cc1F)C(C)C. The summed E-state index contributed by atoms with van der Waals surface area (Å²) in [5, 5.41) is 18.3. The number of carbonyl (C=O) groups is 4. The summed E-state index contributed by atoms with van der Waals surface area (Å²) in [6.07, 6.45) is 2.13. The average Bonchev–Trinajstić information content (AvgIpc) is 2.93. The average molecular weight is 583 g/mol. The van der Waals surface area contributed by atoms with Gasteiger partial charge in [0.05, 0.1) is 0 Å². The van der Waals surface area contributed by atoms with Crippen LogP contribution in [-0.2, 0) is 32.1 Å². The maximum absolute atomic E-state index is 14.6. The van der Waals surface area contributed by atoms with Crippen LogP contribution >= 0.6 is 0 Å². The minimum absolute atomic E-state index is 0.150. The molecule has 4 amide bonds. The molecule has 11 heteroatoms. The molecule has 0 saturated carbocycles. The standard InChI is InChI=1S/C31H43FN6O4/c1-6-7-8-25(36-20(5)39)30(41)38-27(18(2)3)31(42)37-26(15-21-11-9-19(4)10-12-21)29(40)35-17-23-14-13-22(28(33)34)16-24(23)32/h9-14,16,18,25-27H,6-8,15,17H2,1-5H3,(H3,33,34)(H,35,40)(H,36,39)(H,37,42)(H,38,41)/t25?,26?,27-/m0/s1. The van der Waals surface area contributed by atoms with E-state index in [1.807, 2.05) is 38.1 Å². The van der Waals surface area contributed by atoms with Crippen LogP contribution in [0.5, 0.6) is 0 Å². The highest BCUT2D eigenvalue weighted by molar-refractivity contribution is 5.95. The number of nitrogen functional groups attached to an aromatic ring is 1. The number of nitrogens with two attached hydrogens (primary N) is 1.